The second-order valence-electron chi connectivity index (χ2n) is 3.99. The molecule has 0 radical (unpaired) electrons. The van der Waals surface area contributed by atoms with Crippen molar-refractivity contribution in [2.75, 3.05) is 12.8 Å². The summed E-state index contributed by atoms with van der Waals surface area (Å²) in [6, 6.07) is 7.54. The molecule has 1 aliphatic heterocycles. The van der Waals surface area contributed by atoms with Crippen molar-refractivity contribution in [2.45, 2.75) is 23.8 Å². The van der Waals surface area contributed by atoms with Gasteiger partial charge in [-0.1, -0.05) is 12.1 Å². The van der Waals surface area contributed by atoms with Crippen molar-refractivity contribution in [3.05, 3.63) is 29.8 Å². The number of nitrogens with one attached hydrogen (secondary N) is 1. The average Bonchev–Trinajstić information content (AvgIpc) is 2.69. The normalized spacial score (nSPS) is 20.4. The summed E-state index contributed by atoms with van der Waals surface area (Å²) < 4.78 is 22.8. The molecule has 5 heteroatoms. The third-order valence-corrected chi connectivity index (χ3v) is 3.86. The lowest BCUT2D eigenvalue weighted by atomic mass is 10.1. The first kappa shape index (κ1) is 13.5. The van der Waals surface area contributed by atoms with Crippen LogP contribution in [0.3, 0.4) is 0 Å². The first-order chi connectivity index (χ1) is 7.07. The molecule has 0 amide bonds. The van der Waals surface area contributed by atoms with Crippen molar-refractivity contribution in [1.29, 1.82) is 0 Å². The molecule has 1 N–H and O–H groups in total. The van der Waals surface area contributed by atoms with Crippen LogP contribution in [0.2, 0.25) is 0 Å². The van der Waals surface area contributed by atoms with Gasteiger partial charge in [-0.2, -0.15) is 0 Å². The van der Waals surface area contributed by atoms with E-state index in [2.05, 4.69) is 5.32 Å². The van der Waals surface area contributed by atoms with Gasteiger partial charge in [0.05, 0.1) is 4.90 Å². The Labute approximate surface area is 103 Å². The van der Waals surface area contributed by atoms with Gasteiger partial charge < -0.3 is 5.32 Å². The maximum absolute atomic E-state index is 11.4. The number of hydrogen-bond acceptors (Lipinski definition) is 3. The van der Waals surface area contributed by atoms with Gasteiger partial charge in [0, 0.05) is 12.3 Å². The highest BCUT2D eigenvalue weighted by molar-refractivity contribution is 7.90. The molecular formula is C11H16ClNO2S. The topological polar surface area (TPSA) is 46.2 Å². The summed E-state index contributed by atoms with van der Waals surface area (Å²) in [6.07, 6.45) is 3.50. The highest BCUT2D eigenvalue weighted by atomic mass is 35.5. The predicted molar refractivity (Wildman–Crippen MR) is 66.8 cm³/mol. The molecule has 3 nitrogen and oxygen atoms in total. The van der Waals surface area contributed by atoms with E-state index >= 15 is 0 Å². The minimum atomic E-state index is -3.08. The van der Waals surface area contributed by atoms with E-state index in [0.29, 0.717) is 10.9 Å². The first-order valence-electron chi connectivity index (χ1n) is 5.11. The molecule has 0 bridgehead atoms. The summed E-state index contributed by atoms with van der Waals surface area (Å²) in [6.45, 7) is 1.02. The second kappa shape index (κ2) is 5.17. The molecule has 1 aromatic carbocycles. The van der Waals surface area contributed by atoms with Gasteiger partial charge in [0.15, 0.2) is 9.84 Å². The molecule has 0 aliphatic carbocycles. The van der Waals surface area contributed by atoms with Crippen molar-refractivity contribution >= 4 is 22.2 Å². The van der Waals surface area contributed by atoms with Crippen LogP contribution in [0.25, 0.3) is 0 Å². The zero-order valence-electron chi connectivity index (χ0n) is 9.14. The highest BCUT2D eigenvalue weighted by Gasteiger charge is 2.17. The monoisotopic (exact) mass is 261 g/mol. The predicted octanol–water partition coefficient (Wildman–Crippen LogP) is 1.94. The van der Waals surface area contributed by atoms with Gasteiger partial charge in [-0.15, -0.1) is 12.4 Å². The van der Waals surface area contributed by atoms with Gasteiger partial charge in [-0.3, -0.25) is 0 Å². The quantitative estimate of drug-likeness (QED) is 0.885. The van der Waals surface area contributed by atoms with Crippen LogP contribution in [0.4, 0.5) is 0 Å². The Bertz CT molecular complexity index is 453. The maximum Gasteiger partial charge on any atom is 0.175 e. The lowest BCUT2D eigenvalue weighted by Crippen LogP contribution is -2.13. The van der Waals surface area contributed by atoms with Crippen LogP contribution >= 0.6 is 12.4 Å². The fourth-order valence-electron chi connectivity index (χ4n) is 1.93. The Morgan fingerprint density at radius 3 is 2.69 bits per heavy atom. The lowest BCUT2D eigenvalue weighted by molar-refractivity contribution is 0.600. The Balaban J connectivity index is 0.00000128. The van der Waals surface area contributed by atoms with E-state index in [4.69, 9.17) is 0 Å². The Morgan fingerprint density at radius 2 is 2.12 bits per heavy atom. The van der Waals surface area contributed by atoms with Crippen molar-refractivity contribution in [2.24, 2.45) is 0 Å². The Hall–Kier alpha value is -0.580. The van der Waals surface area contributed by atoms with E-state index in [1.165, 1.54) is 6.26 Å². The molecule has 1 saturated heterocycles. The largest absolute Gasteiger partial charge is 0.310 e. The number of sulfone groups is 1. The smallest absolute Gasteiger partial charge is 0.175 e. The molecule has 0 spiro atoms. The van der Waals surface area contributed by atoms with Crippen LogP contribution in [0.1, 0.15) is 24.4 Å². The third-order valence-electron chi connectivity index (χ3n) is 2.75. The minimum Gasteiger partial charge on any atom is -0.310 e. The van der Waals surface area contributed by atoms with Crippen LogP contribution in [0.5, 0.6) is 0 Å². The highest BCUT2D eigenvalue weighted by Crippen LogP contribution is 2.24. The number of rotatable bonds is 2. The van der Waals surface area contributed by atoms with Gasteiger partial charge >= 0.3 is 0 Å². The molecule has 1 atom stereocenters. The Morgan fingerprint density at radius 1 is 1.38 bits per heavy atom. The SMILES string of the molecule is CS(=O)(=O)c1cccc(C2CCCN2)c1.Cl. The van der Waals surface area contributed by atoms with E-state index < -0.39 is 9.84 Å². The van der Waals surface area contributed by atoms with Crippen molar-refractivity contribution in [3.8, 4) is 0 Å². The van der Waals surface area contributed by atoms with E-state index in [-0.39, 0.29) is 12.4 Å². The van der Waals surface area contributed by atoms with Gasteiger partial charge in [0.1, 0.15) is 0 Å². The van der Waals surface area contributed by atoms with Crippen LogP contribution < -0.4 is 5.32 Å². The van der Waals surface area contributed by atoms with Crippen molar-refractivity contribution in [1.82, 2.24) is 5.32 Å². The molecule has 1 aliphatic rings. The standard InChI is InChI=1S/C11H15NO2S.ClH/c1-15(13,14)10-5-2-4-9(8-10)11-6-3-7-12-11;/h2,4-5,8,11-12H,3,6-7H2,1H3;1H. The number of halogens is 1. The van der Waals surface area contributed by atoms with Crippen molar-refractivity contribution in [3.63, 3.8) is 0 Å². The zero-order chi connectivity index (χ0) is 10.9. The average molecular weight is 262 g/mol. The van der Waals surface area contributed by atoms with Crippen LogP contribution in [0, 0.1) is 0 Å². The summed E-state index contributed by atoms with van der Waals surface area (Å²) in [5.74, 6) is 0. The van der Waals surface area contributed by atoms with E-state index in [1.807, 2.05) is 12.1 Å². The van der Waals surface area contributed by atoms with Crippen molar-refractivity contribution < 1.29 is 8.42 Å². The van der Waals surface area contributed by atoms with Crippen LogP contribution in [0.15, 0.2) is 29.2 Å². The lowest BCUT2D eigenvalue weighted by Gasteiger charge is -2.11. The summed E-state index contributed by atoms with van der Waals surface area (Å²) in [4.78, 5) is 0.411. The molecule has 1 aromatic rings. The summed E-state index contributed by atoms with van der Waals surface area (Å²) in [7, 11) is -3.08. The van der Waals surface area contributed by atoms with Gasteiger partial charge in [0.2, 0.25) is 0 Å². The molecule has 0 saturated carbocycles. The molecule has 16 heavy (non-hydrogen) atoms. The zero-order valence-corrected chi connectivity index (χ0v) is 10.8. The molecule has 2 rings (SSSR count). The van der Waals surface area contributed by atoms with E-state index in [1.54, 1.807) is 12.1 Å². The van der Waals surface area contributed by atoms with Gasteiger partial charge in [-0.25, -0.2) is 8.42 Å². The van der Waals surface area contributed by atoms with Crippen LogP contribution in [-0.4, -0.2) is 21.2 Å². The van der Waals surface area contributed by atoms with E-state index in [9.17, 15) is 8.42 Å². The fraction of sp³-hybridized carbons (Fsp3) is 0.455. The maximum atomic E-state index is 11.4. The first-order valence-corrected chi connectivity index (χ1v) is 7.00. The fourth-order valence-corrected chi connectivity index (χ4v) is 2.61. The van der Waals surface area contributed by atoms with Gasteiger partial charge in [0.25, 0.3) is 0 Å². The second-order valence-corrected chi connectivity index (χ2v) is 6.01. The molecule has 1 unspecified atom stereocenters. The summed E-state index contributed by atoms with van der Waals surface area (Å²) >= 11 is 0. The minimum absolute atomic E-state index is 0. The summed E-state index contributed by atoms with van der Waals surface area (Å²) in [5.41, 5.74) is 1.08. The van der Waals surface area contributed by atoms with Gasteiger partial charge in [-0.05, 0) is 37.1 Å². The number of hydrogen-bond donors (Lipinski definition) is 1. The Kier molecular flexibility index (Phi) is 4.35. The number of benzene rings is 1. The third kappa shape index (κ3) is 2.97. The molecule has 90 valence electrons. The molecule has 1 heterocycles. The van der Waals surface area contributed by atoms with E-state index in [0.717, 1.165) is 24.9 Å². The molecule has 1 fully saturated rings. The molecule has 0 aromatic heterocycles. The molecular weight excluding hydrogens is 246 g/mol. The van der Waals surface area contributed by atoms with Crippen LogP contribution in [-0.2, 0) is 9.84 Å². The summed E-state index contributed by atoms with van der Waals surface area (Å²) in [5, 5.41) is 3.36.